The van der Waals surface area contributed by atoms with E-state index in [1.54, 1.807) is 19.2 Å². The van der Waals surface area contributed by atoms with E-state index >= 15 is 0 Å². The molecule has 0 radical (unpaired) electrons. The van der Waals surface area contributed by atoms with Gasteiger partial charge in [0, 0.05) is 23.7 Å². The summed E-state index contributed by atoms with van der Waals surface area (Å²) in [5, 5.41) is 12.0. The highest BCUT2D eigenvalue weighted by atomic mass is 35.5. The second kappa shape index (κ2) is 8.19. The Hall–Kier alpha value is -1.77. The van der Waals surface area contributed by atoms with Gasteiger partial charge in [-0.2, -0.15) is 0 Å². The molecule has 1 amide bonds. The summed E-state index contributed by atoms with van der Waals surface area (Å²) in [6, 6.07) is 7.08. The molecule has 1 atom stereocenters. The maximum atomic E-state index is 11.8. The van der Waals surface area contributed by atoms with Crippen LogP contribution in [0.2, 0.25) is 5.02 Å². The molecular formula is C14H18ClN5O2S. The standard InChI is InChI=1S/C14H18ClN5O2S/c1-9(7-22-2)17-12(21)8-23-14-19-18-13(20(14)16)10-3-5-11(15)6-4-10/h3-6,9H,7-8,16H2,1-2H3,(H,17,21). The van der Waals surface area contributed by atoms with E-state index in [0.29, 0.717) is 22.6 Å². The number of nitrogens with two attached hydrogens (primary N) is 1. The van der Waals surface area contributed by atoms with Crippen LogP contribution in [0.1, 0.15) is 6.92 Å². The van der Waals surface area contributed by atoms with E-state index in [1.807, 2.05) is 19.1 Å². The minimum atomic E-state index is -0.115. The molecule has 1 unspecified atom stereocenters. The second-order valence-electron chi connectivity index (χ2n) is 4.90. The molecule has 2 rings (SSSR count). The van der Waals surface area contributed by atoms with E-state index in [4.69, 9.17) is 22.2 Å². The molecule has 0 saturated heterocycles. The van der Waals surface area contributed by atoms with Gasteiger partial charge >= 0.3 is 0 Å². The first-order valence-corrected chi connectivity index (χ1v) is 8.25. The van der Waals surface area contributed by atoms with Gasteiger partial charge in [0.15, 0.2) is 5.82 Å². The zero-order chi connectivity index (χ0) is 16.8. The van der Waals surface area contributed by atoms with E-state index in [9.17, 15) is 4.79 Å². The number of hydrogen-bond donors (Lipinski definition) is 2. The number of halogens is 1. The number of aromatic nitrogens is 3. The fraction of sp³-hybridized carbons (Fsp3) is 0.357. The first-order chi connectivity index (χ1) is 11.0. The molecule has 0 aliphatic carbocycles. The number of amides is 1. The van der Waals surface area contributed by atoms with Crippen molar-refractivity contribution in [1.29, 1.82) is 0 Å². The van der Waals surface area contributed by atoms with Crippen molar-refractivity contribution >= 4 is 29.3 Å². The van der Waals surface area contributed by atoms with Gasteiger partial charge in [-0.3, -0.25) is 4.79 Å². The molecule has 0 aliphatic rings. The Labute approximate surface area is 143 Å². The lowest BCUT2D eigenvalue weighted by atomic mass is 10.2. The van der Waals surface area contributed by atoms with E-state index in [1.165, 1.54) is 16.4 Å². The summed E-state index contributed by atoms with van der Waals surface area (Å²) in [6.45, 7) is 2.33. The third kappa shape index (κ3) is 4.85. The minimum absolute atomic E-state index is 0.0477. The monoisotopic (exact) mass is 355 g/mol. The number of benzene rings is 1. The Bertz CT molecular complexity index is 662. The largest absolute Gasteiger partial charge is 0.383 e. The summed E-state index contributed by atoms with van der Waals surface area (Å²) in [5.74, 6) is 6.59. The molecule has 0 saturated carbocycles. The van der Waals surface area contributed by atoms with Crippen molar-refractivity contribution in [3.8, 4) is 11.4 Å². The maximum absolute atomic E-state index is 11.8. The Morgan fingerprint density at radius 3 is 2.78 bits per heavy atom. The molecule has 2 aromatic rings. The van der Waals surface area contributed by atoms with Gasteiger partial charge in [-0.15, -0.1) is 10.2 Å². The molecule has 0 spiro atoms. The van der Waals surface area contributed by atoms with Crippen molar-refractivity contribution in [2.75, 3.05) is 25.3 Å². The van der Waals surface area contributed by atoms with Crippen LogP contribution in [0, 0.1) is 0 Å². The Morgan fingerprint density at radius 1 is 1.43 bits per heavy atom. The molecular weight excluding hydrogens is 338 g/mol. The second-order valence-corrected chi connectivity index (χ2v) is 6.27. The van der Waals surface area contributed by atoms with Gasteiger partial charge in [-0.05, 0) is 31.2 Å². The zero-order valence-corrected chi connectivity index (χ0v) is 14.4. The van der Waals surface area contributed by atoms with E-state index in [-0.39, 0.29) is 17.7 Å². The predicted octanol–water partition coefficient (Wildman–Crippen LogP) is 1.56. The number of carbonyl (C=O) groups is 1. The molecule has 1 aromatic carbocycles. The van der Waals surface area contributed by atoms with Crippen molar-refractivity contribution < 1.29 is 9.53 Å². The molecule has 9 heteroatoms. The smallest absolute Gasteiger partial charge is 0.230 e. The molecule has 1 aromatic heterocycles. The van der Waals surface area contributed by atoms with Crippen LogP contribution < -0.4 is 11.2 Å². The average Bonchev–Trinajstić information content (AvgIpc) is 2.87. The lowest BCUT2D eigenvalue weighted by Crippen LogP contribution is -2.36. The van der Waals surface area contributed by atoms with Crippen molar-refractivity contribution in [2.45, 2.75) is 18.1 Å². The normalized spacial score (nSPS) is 12.1. The number of rotatable bonds is 7. The molecule has 7 nitrogen and oxygen atoms in total. The number of nitrogens with zero attached hydrogens (tertiary/aromatic N) is 3. The third-order valence-corrected chi connectivity index (χ3v) is 4.12. The maximum Gasteiger partial charge on any atom is 0.230 e. The fourth-order valence-electron chi connectivity index (χ4n) is 1.91. The number of ether oxygens (including phenoxy) is 1. The number of nitrogen functional groups attached to an aromatic ring is 1. The van der Waals surface area contributed by atoms with Crippen molar-refractivity contribution in [3.05, 3.63) is 29.3 Å². The first kappa shape index (κ1) is 17.6. The Balaban J connectivity index is 1.97. The Morgan fingerprint density at radius 2 is 2.13 bits per heavy atom. The average molecular weight is 356 g/mol. The van der Waals surface area contributed by atoms with Crippen LogP contribution >= 0.6 is 23.4 Å². The summed E-state index contributed by atoms with van der Waals surface area (Å²) >= 11 is 7.08. The SMILES string of the molecule is COCC(C)NC(=O)CSc1nnc(-c2ccc(Cl)cc2)n1N. The summed E-state index contributed by atoms with van der Waals surface area (Å²) in [7, 11) is 1.59. The molecule has 0 aliphatic heterocycles. The number of hydrogen-bond acceptors (Lipinski definition) is 6. The van der Waals surface area contributed by atoms with Crippen molar-refractivity contribution in [3.63, 3.8) is 0 Å². The predicted molar refractivity (Wildman–Crippen MR) is 90.8 cm³/mol. The van der Waals surface area contributed by atoms with E-state index in [2.05, 4.69) is 15.5 Å². The quantitative estimate of drug-likeness (QED) is 0.578. The summed E-state index contributed by atoms with van der Waals surface area (Å²) in [6.07, 6.45) is 0. The number of carbonyl (C=O) groups excluding carboxylic acids is 1. The van der Waals surface area contributed by atoms with Crippen LogP contribution in [-0.4, -0.2) is 46.3 Å². The van der Waals surface area contributed by atoms with Crippen LogP contribution in [0.4, 0.5) is 0 Å². The lowest BCUT2D eigenvalue weighted by molar-refractivity contribution is -0.119. The topological polar surface area (TPSA) is 95.1 Å². The van der Waals surface area contributed by atoms with Gasteiger partial charge < -0.3 is 15.9 Å². The first-order valence-electron chi connectivity index (χ1n) is 6.88. The van der Waals surface area contributed by atoms with E-state index < -0.39 is 0 Å². The van der Waals surface area contributed by atoms with Gasteiger partial charge in [-0.25, -0.2) is 4.68 Å². The van der Waals surface area contributed by atoms with Crippen LogP contribution in [0.15, 0.2) is 29.4 Å². The molecule has 23 heavy (non-hydrogen) atoms. The molecule has 124 valence electrons. The van der Waals surface area contributed by atoms with Crippen LogP contribution in [0.5, 0.6) is 0 Å². The van der Waals surface area contributed by atoms with E-state index in [0.717, 1.165) is 5.56 Å². The Kier molecular flexibility index (Phi) is 6.26. The summed E-state index contributed by atoms with van der Waals surface area (Å²) in [4.78, 5) is 11.8. The highest BCUT2D eigenvalue weighted by Gasteiger charge is 2.14. The molecule has 1 heterocycles. The van der Waals surface area contributed by atoms with Crippen molar-refractivity contribution in [2.24, 2.45) is 0 Å². The lowest BCUT2D eigenvalue weighted by Gasteiger charge is -2.12. The van der Waals surface area contributed by atoms with Crippen molar-refractivity contribution in [1.82, 2.24) is 20.2 Å². The van der Waals surface area contributed by atoms with Gasteiger partial charge in [0.25, 0.3) is 0 Å². The number of nitrogens with one attached hydrogen (secondary N) is 1. The zero-order valence-electron chi connectivity index (χ0n) is 12.8. The van der Waals surface area contributed by atoms with Gasteiger partial charge in [0.2, 0.25) is 11.1 Å². The molecule has 3 N–H and O–H groups in total. The molecule has 0 bridgehead atoms. The molecule has 0 fully saturated rings. The summed E-state index contributed by atoms with van der Waals surface area (Å²) in [5.41, 5.74) is 0.800. The summed E-state index contributed by atoms with van der Waals surface area (Å²) < 4.78 is 6.33. The number of thioether (sulfide) groups is 1. The van der Waals surface area contributed by atoms with Crippen LogP contribution in [0.3, 0.4) is 0 Å². The fourth-order valence-corrected chi connectivity index (χ4v) is 2.70. The van der Waals surface area contributed by atoms with Gasteiger partial charge in [0.05, 0.1) is 12.4 Å². The van der Waals surface area contributed by atoms with Crippen LogP contribution in [0.25, 0.3) is 11.4 Å². The van der Waals surface area contributed by atoms with Crippen LogP contribution in [-0.2, 0) is 9.53 Å². The van der Waals surface area contributed by atoms with Gasteiger partial charge in [-0.1, -0.05) is 23.4 Å². The minimum Gasteiger partial charge on any atom is -0.383 e. The third-order valence-electron chi connectivity index (χ3n) is 2.92. The highest BCUT2D eigenvalue weighted by Crippen LogP contribution is 2.22. The highest BCUT2D eigenvalue weighted by molar-refractivity contribution is 7.99. The number of methoxy groups -OCH3 is 1. The van der Waals surface area contributed by atoms with Gasteiger partial charge in [0.1, 0.15) is 0 Å².